The van der Waals surface area contributed by atoms with Crippen LogP contribution in [0.2, 0.25) is 0 Å². The van der Waals surface area contributed by atoms with E-state index in [1.807, 2.05) is 14.0 Å². The summed E-state index contributed by atoms with van der Waals surface area (Å²) in [6.07, 6.45) is 6.53. The lowest BCUT2D eigenvalue weighted by molar-refractivity contribution is 0.330. The van der Waals surface area contributed by atoms with Gasteiger partial charge in [0.05, 0.1) is 0 Å². The molecule has 0 amide bonds. The Balaban J connectivity index is 2.05. The molecule has 0 atom stereocenters. The predicted molar refractivity (Wildman–Crippen MR) is 80.7 cm³/mol. The first-order valence-electron chi connectivity index (χ1n) is 7.43. The fourth-order valence-corrected chi connectivity index (χ4v) is 2.92. The van der Waals surface area contributed by atoms with E-state index in [4.69, 9.17) is 0 Å². The molecule has 1 saturated carbocycles. The Morgan fingerprint density at radius 1 is 1.05 bits per heavy atom. The van der Waals surface area contributed by atoms with Crippen LogP contribution in [0, 0.1) is 19.8 Å². The molecular formula is C15H26N4. The zero-order chi connectivity index (χ0) is 13.8. The topological polar surface area (TPSA) is 49.8 Å². The fraction of sp³-hybridized carbons (Fsp3) is 0.733. The molecule has 2 rings (SSSR count). The minimum absolute atomic E-state index is 0.570. The number of aromatic nitrogens is 2. The Morgan fingerprint density at radius 2 is 1.68 bits per heavy atom. The van der Waals surface area contributed by atoms with Crippen LogP contribution in [0.3, 0.4) is 0 Å². The molecule has 0 unspecified atom stereocenters. The number of aryl methyl sites for hydroxylation is 1. The van der Waals surface area contributed by atoms with Crippen molar-refractivity contribution in [2.75, 3.05) is 17.7 Å². The van der Waals surface area contributed by atoms with E-state index in [2.05, 4.69) is 34.4 Å². The SMILES string of the molecule is CCC1CCC(Nc2nc(C)nc(NC)c2C)CC1. The van der Waals surface area contributed by atoms with Gasteiger partial charge in [-0.3, -0.25) is 0 Å². The number of hydrogen-bond acceptors (Lipinski definition) is 4. The van der Waals surface area contributed by atoms with Gasteiger partial charge in [0.1, 0.15) is 17.5 Å². The van der Waals surface area contributed by atoms with Crippen LogP contribution < -0.4 is 10.6 Å². The molecule has 1 aromatic rings. The van der Waals surface area contributed by atoms with Crippen molar-refractivity contribution in [2.45, 2.75) is 58.9 Å². The van der Waals surface area contributed by atoms with Crippen LogP contribution in [-0.2, 0) is 0 Å². The summed E-state index contributed by atoms with van der Waals surface area (Å²) >= 11 is 0. The molecule has 1 aliphatic rings. The molecule has 4 heteroatoms. The van der Waals surface area contributed by atoms with Gasteiger partial charge in [-0.05, 0) is 45.4 Å². The van der Waals surface area contributed by atoms with Crippen LogP contribution in [0.5, 0.6) is 0 Å². The van der Waals surface area contributed by atoms with Crippen molar-refractivity contribution < 1.29 is 0 Å². The number of rotatable bonds is 4. The summed E-state index contributed by atoms with van der Waals surface area (Å²) in [4.78, 5) is 8.96. The summed E-state index contributed by atoms with van der Waals surface area (Å²) in [5.74, 6) is 3.67. The van der Waals surface area contributed by atoms with Crippen molar-refractivity contribution in [1.82, 2.24) is 9.97 Å². The van der Waals surface area contributed by atoms with E-state index in [-0.39, 0.29) is 0 Å². The molecule has 1 aliphatic carbocycles. The van der Waals surface area contributed by atoms with Gasteiger partial charge in [0.2, 0.25) is 0 Å². The molecule has 0 spiro atoms. The number of nitrogens with one attached hydrogen (secondary N) is 2. The van der Waals surface area contributed by atoms with Crippen LogP contribution >= 0.6 is 0 Å². The normalized spacial score (nSPS) is 23.2. The molecule has 1 aromatic heterocycles. The Morgan fingerprint density at radius 3 is 2.26 bits per heavy atom. The van der Waals surface area contributed by atoms with Gasteiger partial charge in [-0.25, -0.2) is 9.97 Å². The average Bonchev–Trinajstić information content (AvgIpc) is 2.43. The summed E-state index contributed by atoms with van der Waals surface area (Å²) in [7, 11) is 1.91. The lowest BCUT2D eigenvalue weighted by atomic mass is 9.84. The largest absolute Gasteiger partial charge is 0.373 e. The second kappa shape index (κ2) is 6.22. The highest BCUT2D eigenvalue weighted by Crippen LogP contribution is 2.29. The lowest BCUT2D eigenvalue weighted by Crippen LogP contribution is -2.27. The average molecular weight is 262 g/mol. The maximum Gasteiger partial charge on any atom is 0.134 e. The number of anilines is 2. The second-order valence-electron chi connectivity index (χ2n) is 5.61. The number of nitrogens with zero attached hydrogens (tertiary/aromatic N) is 2. The third kappa shape index (κ3) is 3.37. The third-order valence-electron chi connectivity index (χ3n) is 4.26. The molecule has 0 aliphatic heterocycles. The molecule has 1 heterocycles. The first kappa shape index (κ1) is 14.1. The van der Waals surface area contributed by atoms with Gasteiger partial charge in [0.15, 0.2) is 0 Å². The van der Waals surface area contributed by atoms with Crippen LogP contribution in [-0.4, -0.2) is 23.1 Å². The van der Waals surface area contributed by atoms with Gasteiger partial charge in [-0.15, -0.1) is 0 Å². The van der Waals surface area contributed by atoms with E-state index in [9.17, 15) is 0 Å². The smallest absolute Gasteiger partial charge is 0.134 e. The number of hydrogen-bond donors (Lipinski definition) is 2. The Bertz CT molecular complexity index is 422. The second-order valence-corrected chi connectivity index (χ2v) is 5.61. The van der Waals surface area contributed by atoms with E-state index in [0.29, 0.717) is 6.04 Å². The maximum atomic E-state index is 4.55. The molecule has 2 N–H and O–H groups in total. The van der Waals surface area contributed by atoms with Gasteiger partial charge < -0.3 is 10.6 Å². The van der Waals surface area contributed by atoms with Crippen molar-refractivity contribution >= 4 is 11.6 Å². The molecule has 0 radical (unpaired) electrons. The Labute approximate surface area is 116 Å². The lowest BCUT2D eigenvalue weighted by Gasteiger charge is -2.29. The quantitative estimate of drug-likeness (QED) is 0.871. The van der Waals surface area contributed by atoms with Crippen molar-refractivity contribution in [3.63, 3.8) is 0 Å². The third-order valence-corrected chi connectivity index (χ3v) is 4.26. The van der Waals surface area contributed by atoms with Crippen LogP contribution in [0.1, 0.15) is 50.4 Å². The molecule has 1 fully saturated rings. The summed E-state index contributed by atoms with van der Waals surface area (Å²) in [6.45, 7) is 6.32. The molecule has 0 bridgehead atoms. The van der Waals surface area contributed by atoms with Gasteiger partial charge in [-0.2, -0.15) is 0 Å². The minimum atomic E-state index is 0.570. The molecule has 106 valence electrons. The summed E-state index contributed by atoms with van der Waals surface area (Å²) in [6, 6.07) is 0.570. The fourth-order valence-electron chi connectivity index (χ4n) is 2.92. The van der Waals surface area contributed by atoms with Crippen molar-refractivity contribution in [1.29, 1.82) is 0 Å². The molecular weight excluding hydrogens is 236 g/mol. The summed E-state index contributed by atoms with van der Waals surface area (Å²) in [5, 5.41) is 6.76. The monoisotopic (exact) mass is 262 g/mol. The van der Waals surface area contributed by atoms with Crippen LogP contribution in [0.4, 0.5) is 11.6 Å². The van der Waals surface area contributed by atoms with E-state index >= 15 is 0 Å². The highest BCUT2D eigenvalue weighted by Gasteiger charge is 2.21. The predicted octanol–water partition coefficient (Wildman–Crippen LogP) is 3.52. The molecule has 4 nitrogen and oxygen atoms in total. The molecule has 19 heavy (non-hydrogen) atoms. The highest BCUT2D eigenvalue weighted by molar-refractivity contribution is 5.57. The summed E-state index contributed by atoms with van der Waals surface area (Å²) in [5.41, 5.74) is 1.12. The van der Waals surface area contributed by atoms with Crippen LogP contribution in [0.25, 0.3) is 0 Å². The standard InChI is InChI=1S/C15H26N4/c1-5-12-6-8-13(9-7-12)19-15-10(2)14(16-4)17-11(3)18-15/h12-13H,5-9H2,1-4H3,(H2,16,17,18,19). The van der Waals surface area contributed by atoms with Gasteiger partial charge in [0.25, 0.3) is 0 Å². The molecule has 0 aromatic carbocycles. The first-order chi connectivity index (χ1) is 9.13. The van der Waals surface area contributed by atoms with E-state index in [1.165, 1.54) is 32.1 Å². The Kier molecular flexibility index (Phi) is 4.61. The van der Waals surface area contributed by atoms with E-state index < -0.39 is 0 Å². The molecule has 0 saturated heterocycles. The van der Waals surface area contributed by atoms with Gasteiger partial charge in [-0.1, -0.05) is 13.3 Å². The van der Waals surface area contributed by atoms with Crippen LogP contribution in [0.15, 0.2) is 0 Å². The highest BCUT2D eigenvalue weighted by atomic mass is 15.1. The minimum Gasteiger partial charge on any atom is -0.373 e. The first-order valence-corrected chi connectivity index (χ1v) is 7.43. The summed E-state index contributed by atoms with van der Waals surface area (Å²) < 4.78 is 0. The van der Waals surface area contributed by atoms with Gasteiger partial charge >= 0.3 is 0 Å². The maximum absolute atomic E-state index is 4.55. The Hall–Kier alpha value is -1.32. The zero-order valence-electron chi connectivity index (χ0n) is 12.6. The van der Waals surface area contributed by atoms with Crippen molar-refractivity contribution in [3.8, 4) is 0 Å². The van der Waals surface area contributed by atoms with Crippen molar-refractivity contribution in [2.24, 2.45) is 5.92 Å². The van der Waals surface area contributed by atoms with Crippen molar-refractivity contribution in [3.05, 3.63) is 11.4 Å². The van der Waals surface area contributed by atoms with Gasteiger partial charge in [0, 0.05) is 18.7 Å². The van der Waals surface area contributed by atoms with E-state index in [1.54, 1.807) is 0 Å². The van der Waals surface area contributed by atoms with E-state index in [0.717, 1.165) is 28.9 Å². The zero-order valence-corrected chi connectivity index (χ0v) is 12.6.